The van der Waals surface area contributed by atoms with Crippen LogP contribution in [0.4, 0.5) is 4.79 Å². The number of nitrogens with one attached hydrogen (secondary N) is 2. The molecule has 33 heavy (non-hydrogen) atoms. The van der Waals surface area contributed by atoms with E-state index in [1.54, 1.807) is 32.5 Å². The molecule has 1 rings (SSSR count). The van der Waals surface area contributed by atoms with E-state index in [0.717, 1.165) is 6.42 Å². The average molecular weight is 554 g/mol. The Hall–Kier alpha value is -1.33. The topological polar surface area (TPSA) is 151 Å². The van der Waals surface area contributed by atoms with E-state index < -0.39 is 51.0 Å². The Kier molecular flexibility index (Phi) is 13.3. The van der Waals surface area contributed by atoms with Gasteiger partial charge in [0.15, 0.2) is 0 Å². The zero-order valence-electron chi connectivity index (χ0n) is 19.9. The molecule has 0 bridgehead atoms. The monoisotopic (exact) mass is 554 g/mol. The maximum atomic E-state index is 13.1. The Bertz CT molecular complexity index is 676. The molecule has 190 valence electrons. The van der Waals surface area contributed by atoms with Crippen molar-refractivity contribution < 1.29 is 29.0 Å². The Morgan fingerprint density at radius 2 is 1.91 bits per heavy atom. The van der Waals surface area contributed by atoms with Gasteiger partial charge in [0.05, 0.1) is 0 Å². The first-order valence-electron chi connectivity index (χ1n) is 11.2. The number of rotatable bonds is 14. The molecule has 1 aliphatic rings. The number of unbranched alkanes of at least 4 members (excludes halogenated alkanes) is 1. The molecule has 1 aliphatic heterocycles. The fourth-order valence-electron chi connectivity index (χ4n) is 3.35. The predicted octanol–water partition coefficient (Wildman–Crippen LogP) is 0.941. The van der Waals surface area contributed by atoms with Gasteiger partial charge in [-0.15, -0.1) is 0 Å². The number of hydrogen-bond donors (Lipinski definition) is 4. The number of carbonyl (C=O) groups is 4. The number of alkyl carbamates (subject to hydrolysis) is 1. The van der Waals surface area contributed by atoms with Crippen LogP contribution in [0.15, 0.2) is 0 Å². The summed E-state index contributed by atoms with van der Waals surface area (Å²) < 4.78 is 8.16. The van der Waals surface area contributed by atoms with Crippen molar-refractivity contribution in [2.45, 2.75) is 83.0 Å². The molecule has 0 unspecified atom stereocenters. The van der Waals surface area contributed by atoms with Gasteiger partial charge in [-0.05, 0) is 0 Å². The second-order valence-corrected chi connectivity index (χ2v) is 11.6. The van der Waals surface area contributed by atoms with Crippen LogP contribution in [-0.2, 0) is 19.1 Å². The molecule has 0 radical (unpaired) electrons. The zero-order chi connectivity index (χ0) is 25.0. The summed E-state index contributed by atoms with van der Waals surface area (Å²) in [6.45, 7) is 6.12. The van der Waals surface area contributed by atoms with Gasteiger partial charge in [-0.3, -0.25) is 0 Å². The third kappa shape index (κ3) is 11.1. The van der Waals surface area contributed by atoms with E-state index in [1.165, 1.54) is 4.90 Å². The number of carboxylic acids is 1. The Balaban J connectivity index is 2.82. The number of hydrogen-bond acceptors (Lipinski definition) is 8. The molecule has 0 aromatic heterocycles. The molecule has 1 saturated heterocycles. The molecule has 0 aliphatic carbocycles. The molecule has 1 fully saturated rings. The second kappa shape index (κ2) is 14.8. The molecule has 0 spiro atoms. The van der Waals surface area contributed by atoms with Crippen LogP contribution in [0.5, 0.6) is 0 Å². The summed E-state index contributed by atoms with van der Waals surface area (Å²) in [6.07, 6.45) is 4.63. The van der Waals surface area contributed by atoms with Gasteiger partial charge in [-0.1, -0.05) is 0 Å². The van der Waals surface area contributed by atoms with E-state index in [-0.39, 0.29) is 10.6 Å². The number of carbonyl (C=O) groups excluding carboxylic acids is 3. The first kappa shape index (κ1) is 29.7. The van der Waals surface area contributed by atoms with E-state index in [4.69, 9.17) is 10.5 Å². The molecule has 0 aromatic rings. The van der Waals surface area contributed by atoms with E-state index in [1.807, 2.05) is 6.26 Å². The third-order valence-electron chi connectivity index (χ3n) is 4.95. The molecule has 2 amide bonds. The number of carboxylic acid groups (broad SMARTS) is 1. The molecule has 3 atom stereocenters. The van der Waals surface area contributed by atoms with Crippen LogP contribution >= 0.6 is 11.8 Å². The van der Waals surface area contributed by atoms with Crippen LogP contribution in [-0.4, -0.2) is 96.7 Å². The van der Waals surface area contributed by atoms with Crippen molar-refractivity contribution in [2.75, 3.05) is 25.1 Å². The predicted molar refractivity (Wildman–Crippen MR) is 129 cm³/mol. The zero-order valence-corrected chi connectivity index (χ0v) is 22.5. The molecule has 10 nitrogen and oxygen atoms in total. The van der Waals surface area contributed by atoms with Crippen LogP contribution in [0, 0.1) is 0 Å². The molecule has 1 heterocycles. The normalized spacial score (nSPS) is 18.0. The minimum atomic E-state index is -1.01. The first-order valence-corrected chi connectivity index (χ1v) is 14.3. The van der Waals surface area contributed by atoms with Crippen molar-refractivity contribution in [1.82, 2.24) is 14.5 Å². The van der Waals surface area contributed by atoms with Gasteiger partial charge < -0.3 is 0 Å². The number of aliphatic carboxylic acids is 1. The van der Waals surface area contributed by atoms with Crippen molar-refractivity contribution >= 4 is 49.6 Å². The number of thioether (sulfide) groups is 1. The van der Waals surface area contributed by atoms with Gasteiger partial charge in [0.1, 0.15) is 0 Å². The number of nitrogens with zero attached hydrogens (tertiary/aromatic N) is 1. The number of ether oxygens (including phenoxy) is 1. The quantitative estimate of drug-likeness (QED) is 0.182. The van der Waals surface area contributed by atoms with E-state index in [0.29, 0.717) is 50.9 Å². The van der Waals surface area contributed by atoms with Crippen LogP contribution in [0.25, 0.3) is 0 Å². The molecule has 12 heteroatoms. The SMILES string of the molecule is CSCC[C@H](N[Se]C(=O)[C@H](CCCCN)NC(=O)OC(C)(C)C)C(=O)N1CCC[C@H]1C(=O)O. The fraction of sp³-hybridized carbons (Fsp3) is 0.810. The van der Waals surface area contributed by atoms with Crippen LogP contribution in [0.2, 0.25) is 0 Å². The molecule has 5 N–H and O–H groups in total. The summed E-state index contributed by atoms with van der Waals surface area (Å²) in [5, 5.41) is 12.1. The summed E-state index contributed by atoms with van der Waals surface area (Å²) in [7, 11) is 0. The van der Waals surface area contributed by atoms with Gasteiger partial charge in [0.2, 0.25) is 0 Å². The van der Waals surface area contributed by atoms with Gasteiger partial charge >= 0.3 is 207 Å². The Labute approximate surface area is 206 Å². The van der Waals surface area contributed by atoms with Crippen LogP contribution < -0.4 is 15.4 Å². The van der Waals surface area contributed by atoms with Crippen LogP contribution in [0.1, 0.15) is 59.3 Å². The fourth-order valence-corrected chi connectivity index (χ4v) is 5.49. The van der Waals surface area contributed by atoms with Crippen molar-refractivity contribution in [3.8, 4) is 0 Å². The van der Waals surface area contributed by atoms with Gasteiger partial charge in [0.25, 0.3) is 0 Å². The van der Waals surface area contributed by atoms with Gasteiger partial charge in [0, 0.05) is 0 Å². The molecule has 0 aromatic carbocycles. The Morgan fingerprint density at radius 3 is 2.48 bits per heavy atom. The number of likely N-dealkylation sites (tertiary alicyclic amines) is 1. The van der Waals surface area contributed by atoms with E-state index in [9.17, 15) is 24.3 Å². The van der Waals surface area contributed by atoms with Crippen molar-refractivity contribution in [3.63, 3.8) is 0 Å². The second-order valence-electron chi connectivity index (χ2n) is 8.88. The van der Waals surface area contributed by atoms with E-state index in [2.05, 4.69) is 9.65 Å². The summed E-state index contributed by atoms with van der Waals surface area (Å²) >= 11 is 0.782. The minimum absolute atomic E-state index is 0.205. The van der Waals surface area contributed by atoms with Gasteiger partial charge in [-0.25, -0.2) is 0 Å². The van der Waals surface area contributed by atoms with Crippen molar-refractivity contribution in [2.24, 2.45) is 5.73 Å². The average Bonchev–Trinajstić information content (AvgIpc) is 3.21. The first-order chi connectivity index (χ1) is 15.5. The molecular formula is C21H38N4O6SSe. The van der Waals surface area contributed by atoms with Crippen LogP contribution in [0.3, 0.4) is 0 Å². The standard InChI is InChI=1S/C21H38N4O6SSe/c1-21(2,3)31-20(30)23-15(8-5-6-11-22)19(29)33-24-14(10-13-32-4)17(26)25-12-7-9-16(25)18(27)28/h14-16,24H,5-13,22H2,1-4H3,(H,23,30)(H,27,28)/t14-,15-,16-/m0/s1. The summed E-state index contributed by atoms with van der Waals surface area (Å²) in [5.41, 5.74) is 4.86. The number of amides is 2. The third-order valence-corrected chi connectivity index (χ3v) is 7.46. The van der Waals surface area contributed by atoms with Gasteiger partial charge in [-0.2, -0.15) is 0 Å². The summed E-state index contributed by atoms with van der Waals surface area (Å²) in [4.78, 5) is 51.2. The summed E-state index contributed by atoms with van der Waals surface area (Å²) in [6, 6.07) is -2.21. The van der Waals surface area contributed by atoms with Crippen molar-refractivity contribution in [3.05, 3.63) is 0 Å². The Morgan fingerprint density at radius 1 is 1.21 bits per heavy atom. The maximum absolute atomic E-state index is 13.1. The summed E-state index contributed by atoms with van der Waals surface area (Å²) in [5.74, 6) is -0.606. The van der Waals surface area contributed by atoms with E-state index >= 15 is 0 Å². The number of nitrogens with two attached hydrogens (primary N) is 1. The molecular weight excluding hydrogens is 515 g/mol. The van der Waals surface area contributed by atoms with Crippen molar-refractivity contribution in [1.29, 1.82) is 0 Å². The molecule has 0 saturated carbocycles.